The Morgan fingerprint density at radius 3 is 2.72 bits per heavy atom. The number of nitrogens with one attached hydrogen (secondary N) is 1. The van der Waals surface area contributed by atoms with Crippen molar-refractivity contribution in [2.45, 2.75) is 32.7 Å². The second kappa shape index (κ2) is 10.0. The second-order valence-corrected chi connectivity index (χ2v) is 7.40. The van der Waals surface area contributed by atoms with E-state index in [0.717, 1.165) is 41.5 Å². The zero-order chi connectivity index (χ0) is 19.3. The summed E-state index contributed by atoms with van der Waals surface area (Å²) in [7, 11) is 0. The molecule has 1 heterocycles. The molecule has 0 amide bonds. The van der Waals surface area contributed by atoms with E-state index in [-0.39, 0.29) is 24.0 Å². The summed E-state index contributed by atoms with van der Waals surface area (Å²) in [4.78, 5) is 4.48. The van der Waals surface area contributed by atoms with Crippen molar-refractivity contribution in [1.82, 2.24) is 0 Å². The molecule has 156 valence electrons. The summed E-state index contributed by atoms with van der Waals surface area (Å²) < 4.78 is 17.4. The summed E-state index contributed by atoms with van der Waals surface area (Å²) in [6.45, 7) is 4.63. The Balaban J connectivity index is 0.00000240. The lowest BCUT2D eigenvalue weighted by atomic mass is 10.1. The topological polar surface area (TPSA) is 78.1 Å². The van der Waals surface area contributed by atoms with Crippen molar-refractivity contribution in [2.24, 2.45) is 16.6 Å². The molecule has 0 spiro atoms. The molecule has 29 heavy (non-hydrogen) atoms. The number of halogens is 1. The van der Waals surface area contributed by atoms with Crippen LogP contribution >= 0.6 is 24.0 Å². The van der Waals surface area contributed by atoms with E-state index in [4.69, 9.17) is 19.9 Å². The Hall–Kier alpha value is -2.16. The fourth-order valence-corrected chi connectivity index (χ4v) is 3.02. The van der Waals surface area contributed by atoms with Crippen LogP contribution in [0, 0.1) is 12.8 Å². The van der Waals surface area contributed by atoms with E-state index in [1.807, 2.05) is 18.2 Å². The highest BCUT2D eigenvalue weighted by Crippen LogP contribution is 2.32. The Kier molecular flexibility index (Phi) is 7.46. The molecule has 3 N–H and O–H groups in total. The van der Waals surface area contributed by atoms with Crippen molar-refractivity contribution in [3.63, 3.8) is 0 Å². The molecule has 4 rings (SSSR count). The molecule has 2 aliphatic rings. The maximum atomic E-state index is 6.10. The van der Waals surface area contributed by atoms with Gasteiger partial charge in [0.25, 0.3) is 0 Å². The van der Waals surface area contributed by atoms with E-state index >= 15 is 0 Å². The molecule has 0 aromatic heterocycles. The lowest BCUT2D eigenvalue weighted by molar-refractivity contribution is 0.296. The van der Waals surface area contributed by atoms with E-state index in [9.17, 15) is 0 Å². The van der Waals surface area contributed by atoms with Crippen LogP contribution in [-0.2, 0) is 6.54 Å². The van der Waals surface area contributed by atoms with Gasteiger partial charge < -0.3 is 25.3 Å². The van der Waals surface area contributed by atoms with Crippen LogP contribution in [0.3, 0.4) is 0 Å². The molecule has 0 unspecified atom stereocenters. The quantitative estimate of drug-likeness (QED) is 0.341. The SMILES string of the molecule is Cc1ccc(CN=C(N)Nc2ccc3c(c2)OCCCO3)c(OCC2CC2)c1.I. The van der Waals surface area contributed by atoms with E-state index in [1.165, 1.54) is 18.4 Å². The zero-order valence-electron chi connectivity index (χ0n) is 16.6. The first-order chi connectivity index (χ1) is 13.7. The maximum absolute atomic E-state index is 6.10. The molecule has 1 aliphatic heterocycles. The van der Waals surface area contributed by atoms with Crippen LogP contribution in [0.2, 0.25) is 0 Å². The van der Waals surface area contributed by atoms with Gasteiger partial charge in [0, 0.05) is 23.7 Å². The molecule has 6 nitrogen and oxygen atoms in total. The van der Waals surface area contributed by atoms with Crippen LogP contribution in [0.4, 0.5) is 5.69 Å². The van der Waals surface area contributed by atoms with Crippen molar-refractivity contribution < 1.29 is 14.2 Å². The van der Waals surface area contributed by atoms with Gasteiger partial charge in [-0.15, -0.1) is 24.0 Å². The second-order valence-electron chi connectivity index (χ2n) is 7.40. The van der Waals surface area contributed by atoms with Gasteiger partial charge in [0.1, 0.15) is 5.75 Å². The lowest BCUT2D eigenvalue weighted by Gasteiger charge is -2.12. The minimum absolute atomic E-state index is 0. The van der Waals surface area contributed by atoms with Crippen LogP contribution < -0.4 is 25.3 Å². The number of fused-ring (bicyclic) bond motifs is 1. The zero-order valence-corrected chi connectivity index (χ0v) is 19.0. The van der Waals surface area contributed by atoms with Gasteiger partial charge in [-0.3, -0.25) is 0 Å². The van der Waals surface area contributed by atoms with Crippen molar-refractivity contribution in [1.29, 1.82) is 0 Å². The van der Waals surface area contributed by atoms with Gasteiger partial charge in [0.05, 0.1) is 26.4 Å². The number of hydrogen-bond donors (Lipinski definition) is 2. The van der Waals surface area contributed by atoms with Crippen LogP contribution in [0.25, 0.3) is 0 Å². The average Bonchev–Trinajstić information content (AvgIpc) is 3.52. The number of aliphatic imine (C=N–C) groups is 1. The van der Waals surface area contributed by atoms with Crippen molar-refractivity contribution in [3.05, 3.63) is 47.5 Å². The summed E-state index contributed by atoms with van der Waals surface area (Å²) in [6, 6.07) is 11.9. The number of aryl methyl sites for hydroxylation is 1. The van der Waals surface area contributed by atoms with Gasteiger partial charge in [-0.2, -0.15) is 0 Å². The van der Waals surface area contributed by atoms with E-state index in [0.29, 0.717) is 31.6 Å². The monoisotopic (exact) mass is 509 g/mol. The van der Waals surface area contributed by atoms with Gasteiger partial charge in [0.2, 0.25) is 0 Å². The van der Waals surface area contributed by atoms with Crippen molar-refractivity contribution >= 4 is 35.6 Å². The summed E-state index contributed by atoms with van der Waals surface area (Å²) in [5.74, 6) is 3.45. The summed E-state index contributed by atoms with van der Waals surface area (Å²) in [5.41, 5.74) is 9.13. The Morgan fingerprint density at radius 2 is 1.93 bits per heavy atom. The first-order valence-corrected chi connectivity index (χ1v) is 9.86. The fraction of sp³-hybridized carbons (Fsp3) is 0.409. The number of nitrogens with zero attached hydrogens (tertiary/aromatic N) is 1. The first kappa shape index (κ1) is 21.5. The minimum atomic E-state index is 0. The number of guanidine groups is 1. The number of nitrogens with two attached hydrogens (primary N) is 1. The van der Waals surface area contributed by atoms with Gasteiger partial charge >= 0.3 is 0 Å². The fourth-order valence-electron chi connectivity index (χ4n) is 3.02. The molecular formula is C22H28IN3O3. The highest BCUT2D eigenvalue weighted by atomic mass is 127. The molecular weight excluding hydrogens is 481 g/mol. The van der Waals surface area contributed by atoms with Crippen molar-refractivity contribution in [2.75, 3.05) is 25.1 Å². The largest absolute Gasteiger partial charge is 0.493 e. The molecule has 1 fully saturated rings. The molecule has 1 saturated carbocycles. The predicted molar refractivity (Wildman–Crippen MR) is 126 cm³/mol. The summed E-state index contributed by atoms with van der Waals surface area (Å²) in [5, 5.41) is 3.13. The third-order valence-electron chi connectivity index (χ3n) is 4.83. The molecule has 0 bridgehead atoms. The van der Waals surface area contributed by atoms with Crippen LogP contribution in [0.1, 0.15) is 30.4 Å². The third-order valence-corrected chi connectivity index (χ3v) is 4.83. The van der Waals surface area contributed by atoms with E-state index in [2.05, 4.69) is 35.4 Å². The first-order valence-electron chi connectivity index (χ1n) is 9.86. The molecule has 2 aromatic carbocycles. The Bertz CT molecular complexity index is 868. The highest BCUT2D eigenvalue weighted by molar-refractivity contribution is 14.0. The number of ether oxygens (including phenoxy) is 3. The number of hydrogen-bond acceptors (Lipinski definition) is 4. The molecule has 0 radical (unpaired) electrons. The molecule has 7 heteroatoms. The Morgan fingerprint density at radius 1 is 1.14 bits per heavy atom. The third kappa shape index (κ3) is 6.16. The Labute approximate surface area is 188 Å². The smallest absolute Gasteiger partial charge is 0.193 e. The van der Waals surface area contributed by atoms with Crippen LogP contribution in [-0.4, -0.2) is 25.8 Å². The normalized spacial score (nSPS) is 15.8. The summed E-state index contributed by atoms with van der Waals surface area (Å²) in [6.07, 6.45) is 3.42. The van der Waals surface area contributed by atoms with Crippen LogP contribution in [0.5, 0.6) is 17.2 Å². The molecule has 2 aromatic rings. The number of anilines is 1. The molecule has 0 saturated heterocycles. The standard InChI is InChI=1S/C22H27N3O3.HI/c1-15-3-6-17(20(11-15)28-14-16-4-5-16)13-24-22(23)25-18-7-8-19-21(12-18)27-10-2-9-26-19;/h3,6-8,11-12,16H,2,4-5,9-10,13-14H2,1H3,(H3,23,24,25);1H. The van der Waals surface area contributed by atoms with Gasteiger partial charge in [-0.05, 0) is 49.4 Å². The van der Waals surface area contributed by atoms with Gasteiger partial charge in [-0.1, -0.05) is 12.1 Å². The van der Waals surface area contributed by atoms with E-state index < -0.39 is 0 Å². The molecule has 0 atom stereocenters. The lowest BCUT2D eigenvalue weighted by Crippen LogP contribution is -2.22. The predicted octanol–water partition coefficient (Wildman–Crippen LogP) is 4.49. The maximum Gasteiger partial charge on any atom is 0.193 e. The van der Waals surface area contributed by atoms with Crippen LogP contribution in [0.15, 0.2) is 41.4 Å². The number of benzene rings is 2. The van der Waals surface area contributed by atoms with Gasteiger partial charge in [-0.25, -0.2) is 4.99 Å². The molecule has 1 aliphatic carbocycles. The van der Waals surface area contributed by atoms with Crippen molar-refractivity contribution in [3.8, 4) is 17.2 Å². The van der Waals surface area contributed by atoms with E-state index in [1.54, 1.807) is 0 Å². The minimum Gasteiger partial charge on any atom is -0.493 e. The number of rotatable bonds is 6. The highest BCUT2D eigenvalue weighted by Gasteiger charge is 2.22. The average molecular weight is 509 g/mol. The summed E-state index contributed by atoms with van der Waals surface area (Å²) >= 11 is 0. The van der Waals surface area contributed by atoms with Gasteiger partial charge in [0.15, 0.2) is 17.5 Å².